The summed E-state index contributed by atoms with van der Waals surface area (Å²) in [5.74, 6) is -0.483. The summed E-state index contributed by atoms with van der Waals surface area (Å²) >= 11 is 13.4. The van der Waals surface area contributed by atoms with Gasteiger partial charge in [-0.2, -0.15) is 0 Å². The van der Waals surface area contributed by atoms with Crippen LogP contribution in [-0.2, 0) is 9.59 Å². The average Bonchev–Trinajstić information content (AvgIpc) is 3.22. The Balaban J connectivity index is 1.64. The Morgan fingerprint density at radius 2 is 1.00 bits per heavy atom. The summed E-state index contributed by atoms with van der Waals surface area (Å²) in [6, 6.07) is 19.0. The minimum absolute atomic E-state index is 0.218. The molecule has 2 amide bonds. The molecule has 0 spiro atoms. The maximum Gasteiger partial charge on any atom is 0.268 e. The Labute approximate surface area is 194 Å². The first kappa shape index (κ1) is 21.2. The zero-order chi connectivity index (χ0) is 21.4. The third-order valence-electron chi connectivity index (χ3n) is 5.14. The number of rotatable bonds is 4. The molecule has 0 aromatic heterocycles. The molecule has 2 heterocycles. The Morgan fingerprint density at radius 1 is 0.667 bits per heavy atom. The van der Waals surface area contributed by atoms with Crippen molar-refractivity contribution in [1.29, 1.82) is 0 Å². The van der Waals surface area contributed by atoms with Gasteiger partial charge in [-0.3, -0.25) is 19.4 Å². The highest BCUT2D eigenvalue weighted by Gasteiger charge is 2.44. The molecule has 0 radical (unpaired) electrons. The molecular weight excluding hydrogens is 453 g/mol. The van der Waals surface area contributed by atoms with E-state index < -0.39 is 0 Å². The summed E-state index contributed by atoms with van der Waals surface area (Å²) in [7, 11) is 0. The number of thiocarbonyl (C=S) groups is 2. The van der Waals surface area contributed by atoms with Gasteiger partial charge in [0.25, 0.3) is 11.8 Å². The van der Waals surface area contributed by atoms with E-state index in [9.17, 15) is 9.59 Å². The monoisotopic (exact) mass is 470 g/mol. The van der Waals surface area contributed by atoms with E-state index in [1.165, 1.54) is 23.5 Å². The molecule has 8 heteroatoms. The SMILES string of the molecule is C[C@H](c1ccccc1)N1C(=O)/C(=C2\SC(=S)N([C@@H](C)c3ccccc3)C2=O)SC1=S. The molecule has 2 aromatic carbocycles. The normalized spacial score (nSPS) is 21.5. The lowest BCUT2D eigenvalue weighted by Crippen LogP contribution is -2.32. The molecule has 30 heavy (non-hydrogen) atoms. The maximum absolute atomic E-state index is 13.2. The van der Waals surface area contributed by atoms with E-state index in [4.69, 9.17) is 24.4 Å². The first-order valence-electron chi connectivity index (χ1n) is 9.35. The van der Waals surface area contributed by atoms with Gasteiger partial charge in [0.1, 0.15) is 8.64 Å². The molecule has 2 aliphatic heterocycles. The third-order valence-corrected chi connectivity index (χ3v) is 8.07. The van der Waals surface area contributed by atoms with Crippen LogP contribution >= 0.6 is 48.0 Å². The second kappa shape index (κ2) is 8.63. The van der Waals surface area contributed by atoms with Gasteiger partial charge in [-0.05, 0) is 25.0 Å². The molecule has 4 rings (SSSR count). The van der Waals surface area contributed by atoms with Crippen molar-refractivity contribution in [2.45, 2.75) is 25.9 Å². The zero-order valence-electron chi connectivity index (χ0n) is 16.3. The molecule has 4 nitrogen and oxygen atoms in total. The molecule has 2 fully saturated rings. The van der Waals surface area contributed by atoms with Gasteiger partial charge < -0.3 is 0 Å². The number of carbonyl (C=O) groups is 2. The van der Waals surface area contributed by atoms with Crippen molar-refractivity contribution in [2.75, 3.05) is 0 Å². The molecule has 2 aliphatic rings. The van der Waals surface area contributed by atoms with E-state index in [0.717, 1.165) is 11.1 Å². The molecule has 0 saturated carbocycles. The topological polar surface area (TPSA) is 40.6 Å². The van der Waals surface area contributed by atoms with Crippen LogP contribution in [0.15, 0.2) is 70.5 Å². The predicted molar refractivity (Wildman–Crippen MR) is 131 cm³/mol. The van der Waals surface area contributed by atoms with Crippen LogP contribution in [0.4, 0.5) is 0 Å². The van der Waals surface area contributed by atoms with Gasteiger partial charge in [-0.1, -0.05) is 109 Å². The second-order valence-electron chi connectivity index (χ2n) is 6.92. The molecular formula is C22H18N2O2S4. The molecule has 2 aromatic rings. The summed E-state index contributed by atoms with van der Waals surface area (Å²) in [6.07, 6.45) is 0. The van der Waals surface area contributed by atoms with Crippen LogP contribution < -0.4 is 0 Å². The Hall–Kier alpha value is -2.00. The summed E-state index contributed by atoms with van der Waals surface area (Å²) in [4.78, 5) is 30.4. The van der Waals surface area contributed by atoms with Gasteiger partial charge in [-0.25, -0.2) is 0 Å². The van der Waals surface area contributed by atoms with Crippen molar-refractivity contribution >= 4 is 68.4 Å². The minimum Gasteiger partial charge on any atom is -0.286 e. The highest BCUT2D eigenvalue weighted by atomic mass is 32.2. The number of hydrogen-bond donors (Lipinski definition) is 0. The van der Waals surface area contributed by atoms with Crippen LogP contribution in [-0.4, -0.2) is 30.3 Å². The third kappa shape index (κ3) is 3.73. The van der Waals surface area contributed by atoms with Crippen LogP contribution in [0.1, 0.15) is 37.1 Å². The second-order valence-corrected chi connectivity index (χ2v) is 10.2. The number of hydrogen-bond acceptors (Lipinski definition) is 6. The summed E-state index contributed by atoms with van der Waals surface area (Å²) in [5.41, 5.74) is 1.97. The standard InChI is InChI=1S/C22H18N2O2S4/c1-13(15-9-5-3-6-10-15)23-19(25)17(29-21(23)27)18-20(26)24(22(28)30-18)14(2)16-11-7-4-8-12-16/h3-14H,1-2H3/b18-17+/t13-,14+. The smallest absolute Gasteiger partial charge is 0.268 e. The highest BCUT2D eigenvalue weighted by molar-refractivity contribution is 8.29. The first-order chi connectivity index (χ1) is 14.4. The molecule has 0 aliphatic carbocycles. The van der Waals surface area contributed by atoms with Gasteiger partial charge >= 0.3 is 0 Å². The summed E-state index contributed by atoms with van der Waals surface area (Å²) < 4.78 is 0.903. The lowest BCUT2D eigenvalue weighted by molar-refractivity contribution is -0.126. The van der Waals surface area contributed by atoms with Crippen molar-refractivity contribution in [3.63, 3.8) is 0 Å². The maximum atomic E-state index is 13.2. The van der Waals surface area contributed by atoms with Crippen LogP contribution in [0.5, 0.6) is 0 Å². The first-order valence-corrected chi connectivity index (χ1v) is 11.8. The van der Waals surface area contributed by atoms with Crippen molar-refractivity contribution in [3.05, 3.63) is 81.6 Å². The fraction of sp³-hybridized carbons (Fsp3) is 0.182. The van der Waals surface area contributed by atoms with Gasteiger partial charge in [0, 0.05) is 0 Å². The van der Waals surface area contributed by atoms with Crippen LogP contribution in [0.25, 0.3) is 0 Å². The fourth-order valence-corrected chi connectivity index (χ4v) is 6.45. The number of amides is 2. The van der Waals surface area contributed by atoms with E-state index in [2.05, 4.69) is 0 Å². The van der Waals surface area contributed by atoms with Crippen molar-refractivity contribution < 1.29 is 9.59 Å². The van der Waals surface area contributed by atoms with E-state index in [-0.39, 0.29) is 23.9 Å². The van der Waals surface area contributed by atoms with E-state index in [1.807, 2.05) is 74.5 Å². The fourth-order valence-electron chi connectivity index (χ4n) is 3.46. The molecule has 0 unspecified atom stereocenters. The van der Waals surface area contributed by atoms with Crippen LogP contribution in [0, 0.1) is 0 Å². The summed E-state index contributed by atoms with van der Waals surface area (Å²) in [6.45, 7) is 3.87. The van der Waals surface area contributed by atoms with Crippen molar-refractivity contribution in [2.24, 2.45) is 0 Å². The molecule has 2 atom stereocenters. The van der Waals surface area contributed by atoms with E-state index >= 15 is 0 Å². The lowest BCUT2D eigenvalue weighted by atomic mass is 10.1. The molecule has 2 saturated heterocycles. The van der Waals surface area contributed by atoms with Crippen LogP contribution in [0.3, 0.4) is 0 Å². The molecule has 152 valence electrons. The predicted octanol–water partition coefficient (Wildman–Crippen LogP) is 5.44. The van der Waals surface area contributed by atoms with Crippen molar-refractivity contribution in [1.82, 2.24) is 9.80 Å². The number of thioether (sulfide) groups is 2. The minimum atomic E-state index is -0.241. The highest BCUT2D eigenvalue weighted by Crippen LogP contribution is 2.46. The number of benzene rings is 2. The number of nitrogens with zero attached hydrogens (tertiary/aromatic N) is 2. The van der Waals surface area contributed by atoms with Gasteiger partial charge in [0.2, 0.25) is 0 Å². The zero-order valence-corrected chi connectivity index (χ0v) is 19.5. The molecule has 0 N–H and O–H groups in total. The van der Waals surface area contributed by atoms with Crippen molar-refractivity contribution in [3.8, 4) is 0 Å². The lowest BCUT2D eigenvalue weighted by Gasteiger charge is -2.24. The van der Waals surface area contributed by atoms with E-state index in [1.54, 1.807) is 9.80 Å². The largest absolute Gasteiger partial charge is 0.286 e. The average molecular weight is 471 g/mol. The Morgan fingerprint density at radius 3 is 1.33 bits per heavy atom. The number of carbonyl (C=O) groups excluding carboxylic acids is 2. The van der Waals surface area contributed by atoms with E-state index in [0.29, 0.717) is 18.5 Å². The Bertz CT molecular complexity index is 984. The van der Waals surface area contributed by atoms with Crippen LogP contribution in [0.2, 0.25) is 0 Å². The van der Waals surface area contributed by atoms with Gasteiger partial charge in [0.15, 0.2) is 0 Å². The summed E-state index contributed by atoms with van der Waals surface area (Å²) in [5, 5.41) is 0. The van der Waals surface area contributed by atoms with Gasteiger partial charge in [0.05, 0.1) is 21.9 Å². The molecule has 0 bridgehead atoms. The quantitative estimate of drug-likeness (QED) is 0.438. The van der Waals surface area contributed by atoms with Gasteiger partial charge in [-0.15, -0.1) is 0 Å². The Kier molecular flexibility index (Phi) is 6.11.